The summed E-state index contributed by atoms with van der Waals surface area (Å²) in [6.45, 7) is 0.599. The maximum atomic E-state index is 13.7. The molecule has 0 saturated carbocycles. The van der Waals surface area contributed by atoms with E-state index in [0.29, 0.717) is 18.8 Å². The van der Waals surface area contributed by atoms with Gasteiger partial charge in [0.2, 0.25) is 0 Å². The molecule has 8 heteroatoms. The minimum atomic E-state index is -3.98. The maximum Gasteiger partial charge on any atom is 0.261 e. The van der Waals surface area contributed by atoms with Crippen molar-refractivity contribution in [2.75, 3.05) is 18.4 Å². The average molecular weight is 355 g/mol. The molecule has 1 aliphatic rings. The average Bonchev–Trinajstić information content (AvgIpc) is 2.53. The normalized spacial score (nSPS) is 13.8. The molecule has 0 radical (unpaired) electrons. The van der Waals surface area contributed by atoms with Crippen molar-refractivity contribution in [3.8, 4) is 11.5 Å². The van der Waals surface area contributed by atoms with Gasteiger partial charge in [-0.1, -0.05) is 0 Å². The lowest BCUT2D eigenvalue weighted by molar-refractivity contribution is 0.288. The van der Waals surface area contributed by atoms with E-state index in [1.165, 1.54) is 12.1 Å². The molecule has 0 atom stereocenters. The van der Waals surface area contributed by atoms with Crippen LogP contribution in [0.4, 0.5) is 14.5 Å². The Kier molecular flexibility index (Phi) is 4.31. The molecule has 1 heterocycles. The van der Waals surface area contributed by atoms with Crippen molar-refractivity contribution < 1.29 is 26.7 Å². The molecule has 0 aliphatic carbocycles. The molecule has 1 N–H and O–H groups in total. The minimum Gasteiger partial charge on any atom is -0.493 e. The van der Waals surface area contributed by atoms with Crippen molar-refractivity contribution in [2.45, 2.75) is 17.7 Å². The van der Waals surface area contributed by atoms with Crippen LogP contribution >= 0.6 is 0 Å². The Bertz CT molecular complexity index is 861. The van der Waals surface area contributed by atoms with Gasteiger partial charge in [0.1, 0.15) is 5.75 Å². The number of hydrogen-bond acceptors (Lipinski definition) is 4. The number of nitrogens with one attached hydrogen (secondary N) is 1. The molecule has 24 heavy (non-hydrogen) atoms. The topological polar surface area (TPSA) is 64.6 Å². The highest BCUT2D eigenvalue weighted by molar-refractivity contribution is 7.92. The van der Waals surface area contributed by atoms with Crippen LogP contribution in [0.25, 0.3) is 0 Å². The Balaban J connectivity index is 1.92. The summed E-state index contributed by atoms with van der Waals surface area (Å²) in [5, 5.41) is 0. The fraction of sp³-hybridized carbons (Fsp3) is 0.250. The second kappa shape index (κ2) is 6.27. The van der Waals surface area contributed by atoms with Crippen LogP contribution in [0.5, 0.6) is 11.5 Å². The van der Waals surface area contributed by atoms with Crippen molar-refractivity contribution in [2.24, 2.45) is 0 Å². The zero-order valence-electron chi connectivity index (χ0n) is 12.8. The van der Waals surface area contributed by atoms with Crippen LogP contribution in [-0.4, -0.2) is 22.1 Å². The van der Waals surface area contributed by atoms with E-state index < -0.39 is 27.4 Å². The SMILES string of the molecule is COc1c(F)cc(NS(=O)(=O)c2ccc3c(c2)CCCO3)cc1F. The van der Waals surface area contributed by atoms with Crippen molar-refractivity contribution >= 4 is 15.7 Å². The van der Waals surface area contributed by atoms with E-state index in [-0.39, 0.29) is 10.6 Å². The van der Waals surface area contributed by atoms with Gasteiger partial charge in [0.15, 0.2) is 17.4 Å². The van der Waals surface area contributed by atoms with Crippen LogP contribution in [0, 0.1) is 11.6 Å². The summed E-state index contributed by atoms with van der Waals surface area (Å²) in [5.41, 5.74) is 0.566. The number of ether oxygens (including phenoxy) is 2. The number of rotatable bonds is 4. The van der Waals surface area contributed by atoms with Crippen LogP contribution in [0.15, 0.2) is 35.2 Å². The Morgan fingerprint density at radius 1 is 1.17 bits per heavy atom. The van der Waals surface area contributed by atoms with Gasteiger partial charge in [-0.15, -0.1) is 0 Å². The van der Waals surface area contributed by atoms with E-state index in [1.54, 1.807) is 6.07 Å². The first-order chi connectivity index (χ1) is 11.4. The zero-order chi connectivity index (χ0) is 17.3. The predicted octanol–water partition coefficient (Wildman–Crippen LogP) is 3.10. The van der Waals surface area contributed by atoms with Crippen molar-refractivity contribution in [1.29, 1.82) is 0 Å². The fourth-order valence-corrected chi connectivity index (χ4v) is 3.62. The molecule has 0 unspecified atom stereocenters. The number of anilines is 1. The van der Waals surface area contributed by atoms with E-state index in [0.717, 1.165) is 31.2 Å². The van der Waals surface area contributed by atoms with Gasteiger partial charge < -0.3 is 9.47 Å². The number of halogens is 2. The van der Waals surface area contributed by atoms with E-state index in [2.05, 4.69) is 9.46 Å². The molecule has 1 aliphatic heterocycles. The summed E-state index contributed by atoms with van der Waals surface area (Å²) < 4.78 is 64.4. The quantitative estimate of drug-likeness (QED) is 0.915. The lowest BCUT2D eigenvalue weighted by Crippen LogP contribution is -2.15. The molecule has 5 nitrogen and oxygen atoms in total. The van der Waals surface area contributed by atoms with Gasteiger partial charge in [-0.3, -0.25) is 4.72 Å². The summed E-state index contributed by atoms with van der Waals surface area (Å²) >= 11 is 0. The standard InChI is InChI=1S/C16H15F2NO4S/c1-22-16-13(17)8-11(9-14(16)18)19-24(20,21)12-4-5-15-10(7-12)3-2-6-23-15/h4-5,7-9,19H,2-3,6H2,1H3. The third-order valence-electron chi connectivity index (χ3n) is 3.64. The molecule has 2 aromatic rings. The van der Waals surface area contributed by atoms with E-state index >= 15 is 0 Å². The van der Waals surface area contributed by atoms with Gasteiger partial charge >= 0.3 is 0 Å². The molecule has 2 aromatic carbocycles. The summed E-state index contributed by atoms with van der Waals surface area (Å²) in [7, 11) is -2.85. The molecule has 128 valence electrons. The molecule has 0 saturated heterocycles. The monoisotopic (exact) mass is 355 g/mol. The molecule has 0 amide bonds. The molecule has 3 rings (SSSR count). The van der Waals surface area contributed by atoms with Crippen molar-refractivity contribution in [1.82, 2.24) is 0 Å². The van der Waals surface area contributed by atoms with E-state index in [1.807, 2.05) is 0 Å². The van der Waals surface area contributed by atoms with Gasteiger partial charge in [0.05, 0.1) is 24.3 Å². The third-order valence-corrected chi connectivity index (χ3v) is 5.02. The summed E-state index contributed by atoms with van der Waals surface area (Å²) in [6, 6.07) is 6.20. The lowest BCUT2D eigenvalue weighted by atomic mass is 10.1. The first-order valence-corrected chi connectivity index (χ1v) is 8.70. The molecular weight excluding hydrogens is 340 g/mol. The Hall–Kier alpha value is -2.35. The minimum absolute atomic E-state index is 0.00313. The molecular formula is C16H15F2NO4S. The first kappa shape index (κ1) is 16.5. The number of sulfonamides is 1. The molecule has 0 aromatic heterocycles. The Morgan fingerprint density at radius 2 is 1.88 bits per heavy atom. The molecule has 0 fully saturated rings. The number of hydrogen-bond donors (Lipinski definition) is 1. The Labute approximate surface area is 138 Å². The van der Waals surface area contributed by atoms with E-state index in [9.17, 15) is 17.2 Å². The van der Waals surface area contributed by atoms with Crippen LogP contribution in [0.2, 0.25) is 0 Å². The van der Waals surface area contributed by atoms with Gasteiger partial charge in [-0.05, 0) is 36.6 Å². The molecule has 0 bridgehead atoms. The second-order valence-corrected chi connectivity index (χ2v) is 6.98. The number of benzene rings is 2. The second-order valence-electron chi connectivity index (χ2n) is 5.30. The van der Waals surface area contributed by atoms with E-state index in [4.69, 9.17) is 4.74 Å². The van der Waals surface area contributed by atoms with Gasteiger partial charge in [-0.2, -0.15) is 0 Å². The highest BCUT2D eigenvalue weighted by atomic mass is 32.2. The number of methoxy groups -OCH3 is 1. The van der Waals surface area contributed by atoms with Crippen molar-refractivity contribution in [3.05, 3.63) is 47.5 Å². The van der Waals surface area contributed by atoms with Crippen LogP contribution < -0.4 is 14.2 Å². The van der Waals surface area contributed by atoms with Gasteiger partial charge in [0, 0.05) is 12.1 Å². The zero-order valence-corrected chi connectivity index (χ0v) is 13.6. The fourth-order valence-electron chi connectivity index (χ4n) is 2.53. The van der Waals surface area contributed by atoms with Crippen LogP contribution in [0.3, 0.4) is 0 Å². The lowest BCUT2D eigenvalue weighted by Gasteiger charge is -2.18. The Morgan fingerprint density at radius 3 is 2.54 bits per heavy atom. The smallest absolute Gasteiger partial charge is 0.261 e. The third kappa shape index (κ3) is 3.14. The van der Waals surface area contributed by atoms with Gasteiger partial charge in [-0.25, -0.2) is 17.2 Å². The summed E-state index contributed by atoms with van der Waals surface area (Å²) in [5.74, 6) is -1.89. The van der Waals surface area contributed by atoms with Crippen molar-refractivity contribution in [3.63, 3.8) is 0 Å². The first-order valence-electron chi connectivity index (χ1n) is 7.22. The number of fused-ring (bicyclic) bond motifs is 1. The van der Waals surface area contributed by atoms with Gasteiger partial charge in [0.25, 0.3) is 10.0 Å². The molecule has 0 spiro atoms. The predicted molar refractivity (Wildman–Crippen MR) is 84.0 cm³/mol. The largest absolute Gasteiger partial charge is 0.493 e. The number of aryl methyl sites for hydroxylation is 1. The van der Waals surface area contributed by atoms with Crippen LogP contribution in [0.1, 0.15) is 12.0 Å². The summed E-state index contributed by atoms with van der Waals surface area (Å²) in [4.78, 5) is 0.00313. The summed E-state index contributed by atoms with van der Waals surface area (Å²) in [6.07, 6.45) is 1.52. The maximum absolute atomic E-state index is 13.7. The highest BCUT2D eigenvalue weighted by Gasteiger charge is 2.20. The van der Waals surface area contributed by atoms with Crippen LogP contribution in [-0.2, 0) is 16.4 Å². The highest BCUT2D eigenvalue weighted by Crippen LogP contribution is 2.30.